The van der Waals surface area contributed by atoms with Crippen molar-refractivity contribution in [1.29, 1.82) is 0 Å². The highest BCUT2D eigenvalue weighted by Crippen LogP contribution is 2.50. The molecular weight excluding hydrogens is 358 g/mol. The largest absolute Gasteiger partial charge is 0.298 e. The van der Waals surface area contributed by atoms with Gasteiger partial charge in [-0.25, -0.2) is 8.42 Å². The Balaban J connectivity index is 1.58. The number of rotatable bonds is 3. The maximum atomic E-state index is 13.5. The molecule has 6 heteroatoms. The van der Waals surface area contributed by atoms with E-state index in [1.165, 1.54) is 25.7 Å². The van der Waals surface area contributed by atoms with E-state index >= 15 is 0 Å². The van der Waals surface area contributed by atoms with Crippen LogP contribution >= 0.6 is 0 Å². The smallest absolute Gasteiger partial charge is 0.244 e. The van der Waals surface area contributed by atoms with Crippen LogP contribution in [0, 0.1) is 0 Å². The number of likely N-dealkylation sites (tertiary alicyclic amines) is 1. The Bertz CT molecular complexity index is 941. The standard InChI is InChI=1S/C21H25N3O2S/c25-27(26)20-10-4-3-9-19(20)21(24(27)15-17-6-5-12-22-14-17)11-13-23(16-21)18-7-1-2-8-18/h3-6,9-10,12,14,18H,1-2,7-8,11,13,15-16H2. The van der Waals surface area contributed by atoms with Gasteiger partial charge < -0.3 is 0 Å². The predicted octanol–water partition coefficient (Wildman–Crippen LogP) is 3.13. The Morgan fingerprint density at radius 2 is 1.93 bits per heavy atom. The van der Waals surface area contributed by atoms with Gasteiger partial charge in [-0.15, -0.1) is 0 Å². The zero-order chi connectivity index (χ0) is 18.5. The summed E-state index contributed by atoms with van der Waals surface area (Å²) in [5, 5.41) is 0. The number of hydrogen-bond donors (Lipinski definition) is 0. The molecule has 1 saturated heterocycles. The maximum Gasteiger partial charge on any atom is 0.244 e. The molecule has 27 heavy (non-hydrogen) atoms. The SMILES string of the molecule is O=S1(=O)c2ccccc2C2(CCN(C3CCCC3)C2)N1Cc1cccnc1. The van der Waals surface area contributed by atoms with Gasteiger partial charge >= 0.3 is 0 Å². The molecule has 1 aliphatic carbocycles. The van der Waals surface area contributed by atoms with Crippen molar-refractivity contribution in [1.82, 2.24) is 14.2 Å². The average molecular weight is 384 g/mol. The molecule has 1 unspecified atom stereocenters. The summed E-state index contributed by atoms with van der Waals surface area (Å²) in [6.45, 7) is 2.15. The van der Waals surface area contributed by atoms with E-state index in [9.17, 15) is 8.42 Å². The number of fused-ring (bicyclic) bond motifs is 2. The number of aromatic nitrogens is 1. The highest BCUT2D eigenvalue weighted by Gasteiger charge is 2.57. The highest BCUT2D eigenvalue weighted by atomic mass is 32.2. The Labute approximate surface area is 161 Å². The highest BCUT2D eigenvalue weighted by molar-refractivity contribution is 7.89. The number of hydrogen-bond acceptors (Lipinski definition) is 4. The van der Waals surface area contributed by atoms with E-state index < -0.39 is 15.6 Å². The summed E-state index contributed by atoms with van der Waals surface area (Å²) in [6.07, 6.45) is 9.44. The molecule has 0 N–H and O–H groups in total. The van der Waals surface area contributed by atoms with Crippen molar-refractivity contribution < 1.29 is 8.42 Å². The Kier molecular flexibility index (Phi) is 4.11. The molecule has 1 spiro atoms. The molecule has 5 nitrogen and oxygen atoms in total. The lowest BCUT2D eigenvalue weighted by Crippen LogP contribution is -2.46. The zero-order valence-corrected chi connectivity index (χ0v) is 16.2. The van der Waals surface area contributed by atoms with Crippen LogP contribution in [0.5, 0.6) is 0 Å². The molecular formula is C21H25N3O2S. The number of nitrogens with zero attached hydrogens (tertiary/aromatic N) is 3. The van der Waals surface area contributed by atoms with E-state index in [0.717, 1.165) is 30.6 Å². The summed E-state index contributed by atoms with van der Waals surface area (Å²) < 4.78 is 28.7. The van der Waals surface area contributed by atoms with Crippen molar-refractivity contribution in [2.45, 2.75) is 55.1 Å². The van der Waals surface area contributed by atoms with E-state index in [1.807, 2.05) is 30.3 Å². The third-order valence-corrected chi connectivity index (χ3v) is 8.57. The number of pyridine rings is 1. The maximum absolute atomic E-state index is 13.5. The number of benzene rings is 1. The summed E-state index contributed by atoms with van der Waals surface area (Å²) in [5.41, 5.74) is 1.47. The van der Waals surface area contributed by atoms with E-state index in [1.54, 1.807) is 22.8 Å². The number of sulfonamides is 1. The zero-order valence-electron chi connectivity index (χ0n) is 15.4. The summed E-state index contributed by atoms with van der Waals surface area (Å²) in [5.74, 6) is 0. The van der Waals surface area contributed by atoms with Gasteiger partial charge in [0.05, 0.1) is 10.4 Å². The Morgan fingerprint density at radius 3 is 2.70 bits per heavy atom. The van der Waals surface area contributed by atoms with Crippen molar-refractivity contribution in [3.8, 4) is 0 Å². The van der Waals surface area contributed by atoms with Crippen molar-refractivity contribution in [3.63, 3.8) is 0 Å². The van der Waals surface area contributed by atoms with Crippen molar-refractivity contribution >= 4 is 10.0 Å². The minimum atomic E-state index is -3.50. The van der Waals surface area contributed by atoms with Gasteiger partial charge in [-0.2, -0.15) is 4.31 Å². The van der Waals surface area contributed by atoms with Crippen molar-refractivity contribution in [3.05, 3.63) is 59.9 Å². The van der Waals surface area contributed by atoms with Crippen molar-refractivity contribution in [2.24, 2.45) is 0 Å². The first kappa shape index (κ1) is 17.3. The molecule has 0 bridgehead atoms. The fourth-order valence-corrected chi connectivity index (χ4v) is 7.33. The first-order valence-electron chi connectivity index (χ1n) is 9.87. The van der Waals surface area contributed by atoms with Crippen LogP contribution < -0.4 is 0 Å². The monoisotopic (exact) mass is 383 g/mol. The van der Waals surface area contributed by atoms with Crippen LogP contribution in [0.15, 0.2) is 53.7 Å². The second-order valence-corrected chi connectivity index (χ2v) is 9.89. The van der Waals surface area contributed by atoms with Gasteiger partial charge in [0.2, 0.25) is 10.0 Å². The average Bonchev–Trinajstić information content (AvgIpc) is 3.40. The van der Waals surface area contributed by atoms with Gasteiger partial charge in [0.25, 0.3) is 0 Å². The fraction of sp³-hybridized carbons (Fsp3) is 0.476. The van der Waals surface area contributed by atoms with Crippen LogP contribution in [-0.2, 0) is 22.1 Å². The van der Waals surface area contributed by atoms with Gasteiger partial charge in [-0.05, 0) is 42.5 Å². The quantitative estimate of drug-likeness (QED) is 0.817. The van der Waals surface area contributed by atoms with Crippen LogP contribution in [-0.4, -0.2) is 41.7 Å². The van der Waals surface area contributed by atoms with Gasteiger partial charge in [-0.1, -0.05) is 37.1 Å². The normalized spacial score (nSPS) is 28.1. The van der Waals surface area contributed by atoms with Crippen LogP contribution in [0.4, 0.5) is 0 Å². The van der Waals surface area contributed by atoms with E-state index in [4.69, 9.17) is 0 Å². The summed E-state index contributed by atoms with van der Waals surface area (Å²) in [6, 6.07) is 12.0. The van der Waals surface area contributed by atoms with Gasteiger partial charge in [0.1, 0.15) is 0 Å². The minimum Gasteiger partial charge on any atom is -0.298 e. The molecule has 1 saturated carbocycles. The molecule has 2 aromatic rings. The lowest BCUT2D eigenvalue weighted by molar-refractivity contribution is 0.165. The van der Waals surface area contributed by atoms with Crippen LogP contribution in [0.25, 0.3) is 0 Å². The lowest BCUT2D eigenvalue weighted by atomic mass is 9.88. The molecule has 1 atom stereocenters. The lowest BCUT2D eigenvalue weighted by Gasteiger charge is -2.35. The second-order valence-electron chi connectivity index (χ2n) is 8.06. The third kappa shape index (κ3) is 2.65. The van der Waals surface area contributed by atoms with Crippen LogP contribution in [0.3, 0.4) is 0 Å². The summed E-state index contributed by atoms with van der Waals surface area (Å²) in [7, 11) is -3.50. The van der Waals surface area contributed by atoms with Gasteiger partial charge in [0, 0.05) is 38.1 Å². The molecule has 0 amide bonds. The van der Waals surface area contributed by atoms with Crippen LogP contribution in [0.1, 0.15) is 43.2 Å². The van der Waals surface area contributed by atoms with Gasteiger partial charge in [-0.3, -0.25) is 9.88 Å². The van der Waals surface area contributed by atoms with E-state index in [-0.39, 0.29) is 0 Å². The molecule has 2 fully saturated rings. The molecule has 1 aromatic heterocycles. The first-order chi connectivity index (χ1) is 13.1. The Morgan fingerprint density at radius 1 is 1.11 bits per heavy atom. The van der Waals surface area contributed by atoms with E-state index in [2.05, 4.69) is 9.88 Å². The molecule has 1 aromatic carbocycles. The topological polar surface area (TPSA) is 53.5 Å². The molecule has 142 valence electrons. The molecule has 2 aliphatic heterocycles. The van der Waals surface area contributed by atoms with Crippen molar-refractivity contribution in [2.75, 3.05) is 13.1 Å². The summed E-state index contributed by atoms with van der Waals surface area (Å²) >= 11 is 0. The third-order valence-electron chi connectivity index (χ3n) is 6.60. The van der Waals surface area contributed by atoms with Gasteiger partial charge in [0.15, 0.2) is 0 Å². The van der Waals surface area contributed by atoms with E-state index in [0.29, 0.717) is 17.5 Å². The van der Waals surface area contributed by atoms with Crippen LogP contribution in [0.2, 0.25) is 0 Å². The molecule has 3 aliphatic rings. The summed E-state index contributed by atoms with van der Waals surface area (Å²) in [4.78, 5) is 7.22. The second kappa shape index (κ2) is 6.40. The molecule has 5 rings (SSSR count). The molecule has 0 radical (unpaired) electrons. The Hall–Kier alpha value is -1.76. The molecule has 3 heterocycles. The fourth-order valence-electron chi connectivity index (χ4n) is 5.28. The first-order valence-corrected chi connectivity index (χ1v) is 11.3. The predicted molar refractivity (Wildman–Crippen MR) is 104 cm³/mol. The minimum absolute atomic E-state index is 0.378.